The van der Waals surface area contributed by atoms with E-state index < -0.39 is 5.91 Å². The first-order chi connectivity index (χ1) is 12.0. The van der Waals surface area contributed by atoms with E-state index in [9.17, 15) is 10.1 Å². The molecule has 0 aliphatic heterocycles. The molecule has 0 radical (unpaired) electrons. The molecule has 0 aromatic heterocycles. The molecule has 25 heavy (non-hydrogen) atoms. The molecule has 5 nitrogen and oxygen atoms in total. The van der Waals surface area contributed by atoms with Gasteiger partial charge >= 0.3 is 0 Å². The van der Waals surface area contributed by atoms with Crippen molar-refractivity contribution in [2.24, 2.45) is 0 Å². The molecule has 0 saturated heterocycles. The van der Waals surface area contributed by atoms with E-state index in [0.29, 0.717) is 18.0 Å². The highest BCUT2D eigenvalue weighted by atomic mass is 79.9. The highest BCUT2D eigenvalue weighted by molar-refractivity contribution is 9.10. The molecule has 0 aliphatic rings. The first kappa shape index (κ1) is 18.6. The summed E-state index contributed by atoms with van der Waals surface area (Å²) in [6.07, 6.45) is 1.42. The molecule has 2 aromatic carbocycles. The third-order valence-corrected chi connectivity index (χ3v) is 3.96. The smallest absolute Gasteiger partial charge is 0.267 e. The number of hydrogen-bond donors (Lipinski definition) is 2. The van der Waals surface area contributed by atoms with E-state index in [1.165, 1.54) is 13.3 Å². The van der Waals surface area contributed by atoms with E-state index in [1.807, 2.05) is 43.3 Å². The van der Waals surface area contributed by atoms with Crippen LogP contribution in [0.15, 0.2) is 58.7 Å². The van der Waals surface area contributed by atoms with Gasteiger partial charge in [-0.2, -0.15) is 5.26 Å². The van der Waals surface area contributed by atoms with E-state index in [4.69, 9.17) is 4.74 Å². The Labute approximate surface area is 155 Å². The minimum Gasteiger partial charge on any atom is -0.495 e. The number of carbonyl (C=O) groups is 1. The molecule has 0 fully saturated rings. The molecule has 2 rings (SSSR count). The fraction of sp³-hybridized carbons (Fsp3) is 0.158. The van der Waals surface area contributed by atoms with Crippen molar-refractivity contribution >= 4 is 27.5 Å². The summed E-state index contributed by atoms with van der Waals surface area (Å²) in [6.45, 7) is 2.43. The Bertz CT molecular complexity index is 824. The number of aryl methyl sites for hydroxylation is 1. The molecule has 0 aliphatic carbocycles. The Morgan fingerprint density at radius 3 is 2.64 bits per heavy atom. The summed E-state index contributed by atoms with van der Waals surface area (Å²) in [5.74, 6) is 0.0498. The van der Waals surface area contributed by atoms with E-state index >= 15 is 0 Å². The summed E-state index contributed by atoms with van der Waals surface area (Å²) in [7, 11) is 1.53. The average molecular weight is 400 g/mol. The van der Waals surface area contributed by atoms with Crippen LogP contribution in [0, 0.1) is 18.3 Å². The highest BCUT2D eigenvalue weighted by Crippen LogP contribution is 2.25. The molecule has 1 amide bonds. The molecular formula is C19H18BrN3O2. The van der Waals surface area contributed by atoms with Crippen molar-refractivity contribution in [3.8, 4) is 11.8 Å². The molecule has 0 unspecified atom stereocenters. The number of halogens is 1. The predicted octanol–water partition coefficient (Wildman–Crippen LogP) is 3.90. The van der Waals surface area contributed by atoms with Crippen LogP contribution >= 0.6 is 15.9 Å². The molecule has 128 valence electrons. The molecular weight excluding hydrogens is 382 g/mol. The topological polar surface area (TPSA) is 74.1 Å². The molecule has 2 N–H and O–H groups in total. The molecule has 0 saturated carbocycles. The quantitative estimate of drug-likeness (QED) is 0.570. The fourth-order valence-electron chi connectivity index (χ4n) is 2.13. The predicted molar refractivity (Wildman–Crippen MR) is 101 cm³/mol. The van der Waals surface area contributed by atoms with Crippen molar-refractivity contribution in [3.05, 3.63) is 69.8 Å². The molecule has 0 bridgehead atoms. The number of anilines is 1. The molecule has 0 spiro atoms. The Morgan fingerprint density at radius 2 is 2.00 bits per heavy atom. The number of ether oxygens (including phenoxy) is 1. The van der Waals surface area contributed by atoms with Crippen LogP contribution < -0.4 is 15.4 Å². The summed E-state index contributed by atoms with van der Waals surface area (Å²) in [4.78, 5) is 12.3. The number of methoxy groups -OCH3 is 1. The lowest BCUT2D eigenvalue weighted by atomic mass is 10.2. The van der Waals surface area contributed by atoms with Crippen molar-refractivity contribution in [2.75, 3.05) is 12.4 Å². The lowest BCUT2D eigenvalue weighted by molar-refractivity contribution is -0.112. The third-order valence-electron chi connectivity index (χ3n) is 3.43. The van der Waals surface area contributed by atoms with Crippen LogP contribution in [0.3, 0.4) is 0 Å². The highest BCUT2D eigenvalue weighted by Gasteiger charge is 2.12. The molecule has 0 heterocycles. The zero-order valence-electron chi connectivity index (χ0n) is 14.0. The van der Waals surface area contributed by atoms with Crippen LogP contribution in [-0.4, -0.2) is 13.0 Å². The minimum atomic E-state index is -0.491. The van der Waals surface area contributed by atoms with Crippen LogP contribution in [0.2, 0.25) is 0 Å². The second-order valence-corrected chi connectivity index (χ2v) is 6.25. The SMILES string of the molecule is COc1ccc(C)cc1NC(=O)/C(C#N)=C\NCc1ccc(Br)cc1. The molecule has 6 heteroatoms. The van der Waals surface area contributed by atoms with Crippen LogP contribution in [0.25, 0.3) is 0 Å². The summed E-state index contributed by atoms with van der Waals surface area (Å²) >= 11 is 3.38. The van der Waals surface area contributed by atoms with Gasteiger partial charge in [-0.15, -0.1) is 0 Å². The average Bonchev–Trinajstić information content (AvgIpc) is 2.60. The van der Waals surface area contributed by atoms with Crippen LogP contribution in [0.1, 0.15) is 11.1 Å². The van der Waals surface area contributed by atoms with Gasteiger partial charge in [0.05, 0.1) is 12.8 Å². The zero-order valence-corrected chi connectivity index (χ0v) is 15.6. The Balaban J connectivity index is 2.04. The van der Waals surface area contributed by atoms with E-state index in [1.54, 1.807) is 12.1 Å². The largest absolute Gasteiger partial charge is 0.495 e. The Morgan fingerprint density at radius 1 is 1.28 bits per heavy atom. The zero-order chi connectivity index (χ0) is 18.2. The number of amides is 1. The second-order valence-electron chi connectivity index (χ2n) is 5.34. The number of nitrogens with one attached hydrogen (secondary N) is 2. The van der Waals surface area contributed by atoms with Gasteiger partial charge in [-0.1, -0.05) is 34.1 Å². The fourth-order valence-corrected chi connectivity index (χ4v) is 2.40. The molecule has 0 atom stereocenters. The number of nitriles is 1. The second kappa shape index (κ2) is 8.90. The summed E-state index contributed by atoms with van der Waals surface area (Å²) in [5, 5.41) is 14.9. The lowest BCUT2D eigenvalue weighted by Crippen LogP contribution is -2.17. The summed E-state index contributed by atoms with van der Waals surface area (Å²) in [5.41, 5.74) is 2.53. The van der Waals surface area contributed by atoms with Gasteiger partial charge in [0.25, 0.3) is 5.91 Å². The first-order valence-electron chi connectivity index (χ1n) is 7.57. The van der Waals surface area contributed by atoms with Gasteiger partial charge in [0, 0.05) is 17.2 Å². The minimum absolute atomic E-state index is 0.0133. The van der Waals surface area contributed by atoms with Gasteiger partial charge in [0.1, 0.15) is 17.4 Å². The van der Waals surface area contributed by atoms with Crippen LogP contribution in [0.4, 0.5) is 5.69 Å². The van der Waals surface area contributed by atoms with Crippen molar-refractivity contribution in [1.29, 1.82) is 5.26 Å². The maximum atomic E-state index is 12.3. The number of rotatable bonds is 6. The van der Waals surface area contributed by atoms with Gasteiger partial charge in [0.15, 0.2) is 0 Å². The van der Waals surface area contributed by atoms with Gasteiger partial charge < -0.3 is 15.4 Å². The van der Waals surface area contributed by atoms with Gasteiger partial charge in [-0.05, 0) is 42.3 Å². The number of hydrogen-bond acceptors (Lipinski definition) is 4. The lowest BCUT2D eigenvalue weighted by Gasteiger charge is -2.10. The van der Waals surface area contributed by atoms with E-state index in [0.717, 1.165) is 15.6 Å². The standard InChI is InChI=1S/C19H18BrN3O2/c1-13-3-8-18(25-2)17(9-13)23-19(24)15(10-21)12-22-11-14-4-6-16(20)7-5-14/h3-9,12,22H,11H2,1-2H3,(H,23,24)/b15-12-. The van der Waals surface area contributed by atoms with Gasteiger partial charge in [-0.3, -0.25) is 4.79 Å². The Hall–Kier alpha value is -2.78. The van der Waals surface area contributed by atoms with E-state index in [2.05, 4.69) is 26.6 Å². The summed E-state index contributed by atoms with van der Waals surface area (Å²) < 4.78 is 6.22. The van der Waals surface area contributed by atoms with Crippen LogP contribution in [0.5, 0.6) is 5.75 Å². The first-order valence-corrected chi connectivity index (χ1v) is 8.37. The van der Waals surface area contributed by atoms with Crippen molar-refractivity contribution in [1.82, 2.24) is 5.32 Å². The van der Waals surface area contributed by atoms with E-state index in [-0.39, 0.29) is 5.57 Å². The van der Waals surface area contributed by atoms with Crippen molar-refractivity contribution in [3.63, 3.8) is 0 Å². The number of benzene rings is 2. The maximum absolute atomic E-state index is 12.3. The maximum Gasteiger partial charge on any atom is 0.267 e. The van der Waals surface area contributed by atoms with Crippen LogP contribution in [-0.2, 0) is 11.3 Å². The third kappa shape index (κ3) is 5.37. The van der Waals surface area contributed by atoms with Gasteiger partial charge in [0.2, 0.25) is 0 Å². The van der Waals surface area contributed by atoms with Crippen molar-refractivity contribution in [2.45, 2.75) is 13.5 Å². The molecule has 2 aromatic rings. The normalized spacial score (nSPS) is 10.7. The Kier molecular flexibility index (Phi) is 6.61. The number of nitrogens with zero attached hydrogens (tertiary/aromatic N) is 1. The van der Waals surface area contributed by atoms with Crippen molar-refractivity contribution < 1.29 is 9.53 Å². The summed E-state index contributed by atoms with van der Waals surface area (Å²) in [6, 6.07) is 15.1. The number of carbonyl (C=O) groups excluding carboxylic acids is 1. The monoisotopic (exact) mass is 399 g/mol. The van der Waals surface area contributed by atoms with Gasteiger partial charge in [-0.25, -0.2) is 0 Å².